The molecule has 0 amide bonds. The number of rotatable bonds is 3. The highest BCUT2D eigenvalue weighted by atomic mass is 32.2. The van der Waals surface area contributed by atoms with E-state index in [0.717, 1.165) is 22.6 Å². The Hall–Kier alpha value is -2.10. The normalized spacial score (nSPS) is 16.5. The fourth-order valence-electron chi connectivity index (χ4n) is 3.51. The quantitative estimate of drug-likeness (QED) is 0.650. The van der Waals surface area contributed by atoms with Crippen LogP contribution < -0.4 is 4.90 Å². The van der Waals surface area contributed by atoms with Crippen molar-refractivity contribution in [3.8, 4) is 0 Å². The summed E-state index contributed by atoms with van der Waals surface area (Å²) in [7, 11) is -3.64. The van der Waals surface area contributed by atoms with Crippen molar-refractivity contribution in [1.29, 1.82) is 0 Å². The lowest BCUT2D eigenvalue weighted by Crippen LogP contribution is -2.35. The molecule has 3 aromatic rings. The number of aryl methyl sites for hydroxylation is 2. The molecule has 0 bridgehead atoms. The number of thiophene rings is 1. The molecule has 0 saturated carbocycles. The molecule has 0 radical (unpaired) electrons. The number of anilines is 1. The zero-order valence-corrected chi connectivity index (χ0v) is 17.4. The van der Waals surface area contributed by atoms with Crippen LogP contribution in [-0.4, -0.2) is 48.9 Å². The van der Waals surface area contributed by atoms with E-state index < -0.39 is 15.8 Å². The van der Waals surface area contributed by atoms with E-state index in [4.69, 9.17) is 0 Å². The molecular formula is C19H21FN4O2S2. The second-order valence-electron chi connectivity index (χ2n) is 6.86. The van der Waals surface area contributed by atoms with Crippen LogP contribution in [0.3, 0.4) is 0 Å². The number of hydrogen-bond acceptors (Lipinski definition) is 6. The third-order valence-electron chi connectivity index (χ3n) is 5.15. The van der Waals surface area contributed by atoms with E-state index in [1.165, 1.54) is 39.0 Å². The van der Waals surface area contributed by atoms with Crippen LogP contribution in [0.5, 0.6) is 0 Å². The predicted molar refractivity (Wildman–Crippen MR) is 109 cm³/mol. The van der Waals surface area contributed by atoms with Crippen LogP contribution >= 0.6 is 11.3 Å². The van der Waals surface area contributed by atoms with Gasteiger partial charge in [0.2, 0.25) is 10.0 Å². The minimum absolute atomic E-state index is 0.121. The highest BCUT2D eigenvalue weighted by Gasteiger charge is 2.28. The second kappa shape index (κ2) is 7.38. The van der Waals surface area contributed by atoms with Crippen LogP contribution in [0.2, 0.25) is 0 Å². The van der Waals surface area contributed by atoms with Gasteiger partial charge in [-0.3, -0.25) is 0 Å². The van der Waals surface area contributed by atoms with Gasteiger partial charge >= 0.3 is 0 Å². The first-order chi connectivity index (χ1) is 13.4. The fraction of sp³-hybridized carbons (Fsp3) is 0.368. The van der Waals surface area contributed by atoms with E-state index in [2.05, 4.69) is 28.7 Å². The number of nitrogens with zero attached hydrogens (tertiary/aromatic N) is 4. The third kappa shape index (κ3) is 3.38. The van der Waals surface area contributed by atoms with Gasteiger partial charge in [0.25, 0.3) is 0 Å². The van der Waals surface area contributed by atoms with Crippen molar-refractivity contribution in [3.05, 3.63) is 46.9 Å². The third-order valence-corrected chi connectivity index (χ3v) is 8.18. The second-order valence-corrected chi connectivity index (χ2v) is 10.0. The van der Waals surface area contributed by atoms with Crippen molar-refractivity contribution in [1.82, 2.24) is 14.3 Å². The minimum atomic E-state index is -3.64. The number of hydrogen-bond donors (Lipinski definition) is 0. The number of aromatic nitrogens is 2. The Balaban J connectivity index is 1.60. The van der Waals surface area contributed by atoms with Gasteiger partial charge in [-0.25, -0.2) is 22.8 Å². The first-order valence-electron chi connectivity index (χ1n) is 9.09. The molecule has 0 unspecified atom stereocenters. The molecule has 28 heavy (non-hydrogen) atoms. The van der Waals surface area contributed by atoms with E-state index in [-0.39, 0.29) is 4.90 Å². The summed E-state index contributed by atoms with van der Waals surface area (Å²) in [5, 5.41) is 1.06. The fourth-order valence-corrected chi connectivity index (χ4v) is 5.97. The maximum Gasteiger partial charge on any atom is 0.243 e. The Morgan fingerprint density at radius 2 is 1.79 bits per heavy atom. The summed E-state index contributed by atoms with van der Waals surface area (Å²) < 4.78 is 40.5. The van der Waals surface area contributed by atoms with E-state index in [1.807, 2.05) is 0 Å². The average Bonchev–Trinajstić information content (AvgIpc) is 2.86. The summed E-state index contributed by atoms with van der Waals surface area (Å²) in [4.78, 5) is 13.3. The molecule has 1 aromatic carbocycles. The lowest BCUT2D eigenvalue weighted by molar-refractivity contribution is 0.433. The molecular weight excluding hydrogens is 399 g/mol. The van der Waals surface area contributed by atoms with Crippen LogP contribution in [0, 0.1) is 19.7 Å². The molecule has 0 aliphatic carbocycles. The van der Waals surface area contributed by atoms with Gasteiger partial charge in [0, 0.05) is 31.1 Å². The van der Waals surface area contributed by atoms with Crippen molar-refractivity contribution in [2.75, 3.05) is 31.1 Å². The molecule has 1 saturated heterocycles. The van der Waals surface area contributed by atoms with Gasteiger partial charge in [0.15, 0.2) is 0 Å². The molecule has 0 N–H and O–H groups in total. The van der Waals surface area contributed by atoms with Gasteiger partial charge in [-0.05, 0) is 50.1 Å². The maximum atomic E-state index is 13.2. The Labute approximate surface area is 167 Å². The highest BCUT2D eigenvalue weighted by Crippen LogP contribution is 2.34. The monoisotopic (exact) mass is 420 g/mol. The maximum absolute atomic E-state index is 13.2. The first-order valence-corrected chi connectivity index (χ1v) is 11.3. The van der Waals surface area contributed by atoms with Gasteiger partial charge in [-0.15, -0.1) is 11.3 Å². The van der Waals surface area contributed by atoms with Crippen LogP contribution in [0.1, 0.15) is 16.9 Å². The van der Waals surface area contributed by atoms with E-state index >= 15 is 0 Å². The van der Waals surface area contributed by atoms with Gasteiger partial charge in [0.05, 0.1) is 10.3 Å². The topological polar surface area (TPSA) is 66.4 Å². The molecule has 4 rings (SSSR count). The Kier molecular flexibility index (Phi) is 5.07. The summed E-state index contributed by atoms with van der Waals surface area (Å²) in [6.45, 7) is 6.19. The molecule has 0 spiro atoms. The van der Waals surface area contributed by atoms with Crippen molar-refractivity contribution < 1.29 is 12.8 Å². The first kappa shape index (κ1) is 19.2. The summed E-state index contributed by atoms with van der Waals surface area (Å²) in [6.07, 6.45) is 2.26. The zero-order chi connectivity index (χ0) is 19.9. The van der Waals surface area contributed by atoms with E-state index in [9.17, 15) is 12.8 Å². The summed E-state index contributed by atoms with van der Waals surface area (Å²) in [6, 6.07) is 4.99. The van der Waals surface area contributed by atoms with E-state index in [0.29, 0.717) is 26.1 Å². The molecule has 1 aliphatic rings. The Bertz CT molecular complexity index is 1110. The van der Waals surface area contributed by atoms with Crippen molar-refractivity contribution in [3.63, 3.8) is 0 Å². The molecule has 2 aromatic heterocycles. The zero-order valence-electron chi connectivity index (χ0n) is 15.7. The molecule has 3 heterocycles. The SMILES string of the molecule is Cc1sc2ncnc(N3CCCN(S(=O)(=O)c4ccc(F)cc4)CC3)c2c1C. The van der Waals surface area contributed by atoms with Crippen molar-refractivity contribution in [2.24, 2.45) is 0 Å². The number of fused-ring (bicyclic) bond motifs is 1. The van der Waals surface area contributed by atoms with Crippen molar-refractivity contribution >= 4 is 37.4 Å². The van der Waals surface area contributed by atoms with Crippen LogP contribution in [-0.2, 0) is 10.0 Å². The Morgan fingerprint density at radius 1 is 1.04 bits per heavy atom. The van der Waals surface area contributed by atoms with Gasteiger partial charge < -0.3 is 4.90 Å². The molecule has 1 aliphatic heterocycles. The van der Waals surface area contributed by atoms with Gasteiger partial charge in [-0.1, -0.05) is 0 Å². The standard InChI is InChI=1S/C19H21FN4O2S2/c1-13-14(2)27-19-17(13)18(21-12-22-19)23-8-3-9-24(11-10-23)28(25,26)16-6-4-15(20)5-7-16/h4-7,12H,3,8-11H2,1-2H3. The van der Waals surface area contributed by atoms with Crippen LogP contribution in [0.15, 0.2) is 35.5 Å². The highest BCUT2D eigenvalue weighted by molar-refractivity contribution is 7.89. The summed E-state index contributed by atoms with van der Waals surface area (Å²) in [5.41, 5.74) is 1.18. The summed E-state index contributed by atoms with van der Waals surface area (Å²) >= 11 is 1.65. The lowest BCUT2D eigenvalue weighted by Gasteiger charge is -2.23. The number of benzene rings is 1. The summed E-state index contributed by atoms with van der Waals surface area (Å²) in [5.74, 6) is 0.420. The van der Waals surface area contributed by atoms with Gasteiger partial charge in [-0.2, -0.15) is 4.31 Å². The molecule has 6 nitrogen and oxygen atoms in total. The molecule has 148 valence electrons. The molecule has 0 atom stereocenters. The predicted octanol–water partition coefficient (Wildman–Crippen LogP) is 3.35. The van der Waals surface area contributed by atoms with Gasteiger partial charge in [0.1, 0.15) is 22.8 Å². The Morgan fingerprint density at radius 3 is 2.54 bits per heavy atom. The molecule has 1 fully saturated rings. The van der Waals surface area contributed by atoms with Crippen molar-refractivity contribution in [2.45, 2.75) is 25.2 Å². The largest absolute Gasteiger partial charge is 0.355 e. The number of sulfonamides is 1. The lowest BCUT2D eigenvalue weighted by atomic mass is 10.2. The van der Waals surface area contributed by atoms with E-state index in [1.54, 1.807) is 17.7 Å². The van der Waals surface area contributed by atoms with Crippen LogP contribution in [0.25, 0.3) is 10.2 Å². The minimum Gasteiger partial charge on any atom is -0.355 e. The molecule has 9 heteroatoms. The smallest absolute Gasteiger partial charge is 0.243 e. The van der Waals surface area contributed by atoms with Crippen LogP contribution in [0.4, 0.5) is 10.2 Å². The average molecular weight is 421 g/mol. The number of halogens is 1.